The van der Waals surface area contributed by atoms with E-state index in [0.717, 1.165) is 25.9 Å². The van der Waals surface area contributed by atoms with Gasteiger partial charge in [0.2, 0.25) is 0 Å². The topological polar surface area (TPSA) is 35.9 Å². The number of hydrogen-bond donors (Lipinski definition) is 1. The molecule has 0 saturated carbocycles. The first-order valence-electron chi connectivity index (χ1n) is 10.9. The Kier molecular flexibility index (Phi) is 5.73. The van der Waals surface area contributed by atoms with Crippen LogP contribution in [0.4, 0.5) is 5.69 Å². The minimum absolute atomic E-state index is 0.101. The van der Waals surface area contributed by atoms with Gasteiger partial charge in [0.15, 0.2) is 11.5 Å². The number of piperidine rings is 1. The quantitative estimate of drug-likeness (QED) is 0.738. The maximum Gasteiger partial charge on any atom is 0.160 e. The van der Waals surface area contributed by atoms with Gasteiger partial charge in [-0.2, -0.15) is 0 Å². The summed E-state index contributed by atoms with van der Waals surface area (Å²) in [5.41, 5.74) is 5.80. The number of nitrogens with zero attached hydrogens (tertiary/aromatic N) is 2. The monoisotopic (exact) mass is 394 g/mol. The van der Waals surface area contributed by atoms with Crippen molar-refractivity contribution in [2.24, 2.45) is 0 Å². The van der Waals surface area contributed by atoms with Gasteiger partial charge in [0.1, 0.15) is 0 Å². The first-order chi connectivity index (χ1) is 14.0. The van der Waals surface area contributed by atoms with Crippen LogP contribution in [-0.4, -0.2) is 35.7 Å². The van der Waals surface area contributed by atoms with Gasteiger partial charge in [-0.05, 0) is 80.8 Å². The highest BCUT2D eigenvalue weighted by atomic mass is 16.5. The fourth-order valence-corrected chi connectivity index (χ4v) is 4.75. The third-order valence-corrected chi connectivity index (χ3v) is 6.78. The van der Waals surface area contributed by atoms with Gasteiger partial charge in [-0.1, -0.05) is 18.2 Å². The summed E-state index contributed by atoms with van der Waals surface area (Å²) in [4.78, 5) is 5.23. The first kappa shape index (κ1) is 20.1. The molecular weight excluding hydrogens is 360 g/mol. The standard InChI is InChI=1S/C25H34N2O2/c1-25(2,13-12-19-10-11-23(28)24(16-19)29-3)27-17-20-8-7-9-22(21(20)18-27)26-14-5-4-6-15-26/h7-11,16,28H,4-6,12-15,17-18H2,1-3H3. The van der Waals surface area contributed by atoms with Crippen molar-refractivity contribution in [3.05, 3.63) is 53.1 Å². The van der Waals surface area contributed by atoms with E-state index < -0.39 is 0 Å². The molecule has 0 amide bonds. The van der Waals surface area contributed by atoms with Crippen molar-refractivity contribution in [1.82, 2.24) is 4.90 Å². The Morgan fingerprint density at radius 1 is 1.03 bits per heavy atom. The summed E-state index contributed by atoms with van der Waals surface area (Å²) in [5.74, 6) is 0.760. The Labute approximate surface area is 175 Å². The minimum Gasteiger partial charge on any atom is -0.504 e. The second-order valence-corrected chi connectivity index (χ2v) is 9.14. The van der Waals surface area contributed by atoms with Crippen LogP contribution in [0.15, 0.2) is 36.4 Å². The Morgan fingerprint density at radius 2 is 1.83 bits per heavy atom. The van der Waals surface area contributed by atoms with Crippen molar-refractivity contribution < 1.29 is 9.84 Å². The molecule has 0 unspecified atom stereocenters. The van der Waals surface area contributed by atoms with Crippen molar-refractivity contribution in [3.8, 4) is 11.5 Å². The van der Waals surface area contributed by atoms with Crippen LogP contribution >= 0.6 is 0 Å². The second-order valence-electron chi connectivity index (χ2n) is 9.14. The summed E-state index contributed by atoms with van der Waals surface area (Å²) in [6.45, 7) is 9.18. The van der Waals surface area contributed by atoms with Crippen LogP contribution in [0.5, 0.6) is 11.5 Å². The number of benzene rings is 2. The van der Waals surface area contributed by atoms with E-state index in [2.05, 4.69) is 41.8 Å². The molecule has 2 aromatic carbocycles. The molecule has 0 spiro atoms. The van der Waals surface area contributed by atoms with E-state index in [0.29, 0.717) is 5.75 Å². The van der Waals surface area contributed by atoms with Gasteiger partial charge in [0, 0.05) is 37.4 Å². The lowest BCUT2D eigenvalue weighted by Gasteiger charge is -2.36. The largest absolute Gasteiger partial charge is 0.504 e. The molecule has 2 heterocycles. The van der Waals surface area contributed by atoms with Crippen molar-refractivity contribution in [3.63, 3.8) is 0 Å². The van der Waals surface area contributed by atoms with E-state index in [-0.39, 0.29) is 11.3 Å². The molecule has 2 aliphatic rings. The SMILES string of the molecule is COc1cc(CCC(C)(C)N2Cc3cccc(N4CCCCC4)c3C2)ccc1O. The molecule has 1 fully saturated rings. The fourth-order valence-electron chi connectivity index (χ4n) is 4.75. The van der Waals surface area contributed by atoms with E-state index in [4.69, 9.17) is 4.74 Å². The zero-order valence-corrected chi connectivity index (χ0v) is 18.1. The molecule has 4 rings (SSSR count). The molecule has 2 aliphatic heterocycles. The van der Waals surface area contributed by atoms with Gasteiger partial charge < -0.3 is 14.7 Å². The van der Waals surface area contributed by atoms with E-state index in [9.17, 15) is 5.11 Å². The van der Waals surface area contributed by atoms with Crippen molar-refractivity contribution in [2.45, 2.75) is 64.6 Å². The van der Waals surface area contributed by atoms with E-state index in [1.54, 1.807) is 13.2 Å². The zero-order chi connectivity index (χ0) is 20.4. The van der Waals surface area contributed by atoms with E-state index in [1.807, 2.05) is 12.1 Å². The van der Waals surface area contributed by atoms with Gasteiger partial charge in [0.25, 0.3) is 0 Å². The highest BCUT2D eigenvalue weighted by molar-refractivity contribution is 5.58. The van der Waals surface area contributed by atoms with Crippen molar-refractivity contribution in [2.75, 3.05) is 25.1 Å². The summed E-state index contributed by atoms with van der Waals surface area (Å²) < 4.78 is 5.27. The van der Waals surface area contributed by atoms with Gasteiger partial charge in [-0.3, -0.25) is 4.90 Å². The molecule has 29 heavy (non-hydrogen) atoms. The molecule has 4 heteroatoms. The number of rotatable bonds is 6. The van der Waals surface area contributed by atoms with Crippen LogP contribution < -0.4 is 9.64 Å². The average Bonchev–Trinajstić information content (AvgIpc) is 3.19. The van der Waals surface area contributed by atoms with Crippen LogP contribution in [0.3, 0.4) is 0 Å². The summed E-state index contributed by atoms with van der Waals surface area (Å²) in [5, 5.41) is 9.83. The lowest BCUT2D eigenvalue weighted by atomic mass is 9.93. The van der Waals surface area contributed by atoms with Crippen LogP contribution in [0.2, 0.25) is 0 Å². The zero-order valence-electron chi connectivity index (χ0n) is 18.1. The van der Waals surface area contributed by atoms with Crippen molar-refractivity contribution >= 4 is 5.69 Å². The molecular formula is C25H34N2O2. The molecule has 2 aromatic rings. The van der Waals surface area contributed by atoms with Gasteiger partial charge in [-0.25, -0.2) is 0 Å². The maximum atomic E-state index is 9.83. The lowest BCUT2D eigenvalue weighted by molar-refractivity contribution is 0.109. The Morgan fingerprint density at radius 3 is 2.59 bits per heavy atom. The van der Waals surface area contributed by atoms with Gasteiger partial charge in [-0.15, -0.1) is 0 Å². The molecule has 0 bridgehead atoms. The molecule has 1 N–H and O–H groups in total. The number of aromatic hydroxyl groups is 1. The number of fused-ring (bicyclic) bond motifs is 1. The van der Waals surface area contributed by atoms with E-state index in [1.165, 1.54) is 54.7 Å². The molecule has 4 nitrogen and oxygen atoms in total. The number of phenolic OH excluding ortho intramolecular Hbond substituents is 1. The number of anilines is 1. The summed E-state index contributed by atoms with van der Waals surface area (Å²) >= 11 is 0. The number of hydrogen-bond acceptors (Lipinski definition) is 4. The molecule has 0 atom stereocenters. The van der Waals surface area contributed by atoms with Crippen LogP contribution in [0.1, 0.15) is 56.2 Å². The molecule has 156 valence electrons. The molecule has 0 aromatic heterocycles. The minimum atomic E-state index is 0.101. The predicted molar refractivity (Wildman–Crippen MR) is 119 cm³/mol. The Balaban J connectivity index is 1.45. The highest BCUT2D eigenvalue weighted by Gasteiger charge is 2.33. The number of aryl methyl sites for hydroxylation is 1. The summed E-state index contributed by atoms with van der Waals surface area (Å²) in [6, 6.07) is 12.6. The maximum absolute atomic E-state index is 9.83. The van der Waals surface area contributed by atoms with Gasteiger partial charge >= 0.3 is 0 Å². The number of phenols is 1. The molecule has 0 radical (unpaired) electrons. The molecule has 0 aliphatic carbocycles. The Bertz CT molecular complexity index is 856. The predicted octanol–water partition coefficient (Wildman–Crippen LogP) is 5.12. The third kappa shape index (κ3) is 4.23. The number of methoxy groups -OCH3 is 1. The first-order valence-corrected chi connectivity index (χ1v) is 10.9. The smallest absolute Gasteiger partial charge is 0.160 e. The lowest BCUT2D eigenvalue weighted by Crippen LogP contribution is -2.40. The summed E-state index contributed by atoms with van der Waals surface area (Å²) in [6.07, 6.45) is 6.03. The van der Waals surface area contributed by atoms with Crippen LogP contribution in [0, 0.1) is 0 Å². The second kappa shape index (κ2) is 8.27. The van der Waals surface area contributed by atoms with E-state index >= 15 is 0 Å². The Hall–Kier alpha value is -2.20. The average molecular weight is 395 g/mol. The number of ether oxygens (including phenoxy) is 1. The van der Waals surface area contributed by atoms with Crippen molar-refractivity contribution in [1.29, 1.82) is 0 Å². The van der Waals surface area contributed by atoms with Crippen LogP contribution in [0.25, 0.3) is 0 Å². The molecule has 1 saturated heterocycles. The third-order valence-electron chi connectivity index (χ3n) is 6.78. The van der Waals surface area contributed by atoms with Gasteiger partial charge in [0.05, 0.1) is 7.11 Å². The normalized spacial score (nSPS) is 17.4. The highest BCUT2D eigenvalue weighted by Crippen LogP contribution is 2.38. The summed E-state index contributed by atoms with van der Waals surface area (Å²) in [7, 11) is 1.60. The van der Waals surface area contributed by atoms with Crippen LogP contribution in [-0.2, 0) is 19.5 Å². The fraction of sp³-hybridized carbons (Fsp3) is 0.520.